The molecule has 1 amide bonds. The Balaban J connectivity index is 1.68. The molecule has 0 bridgehead atoms. The van der Waals surface area contributed by atoms with Gasteiger partial charge < -0.3 is 10.1 Å². The van der Waals surface area contributed by atoms with E-state index in [9.17, 15) is 4.79 Å². The van der Waals surface area contributed by atoms with Gasteiger partial charge in [-0.2, -0.15) is 0 Å². The highest BCUT2D eigenvalue weighted by atomic mass is 16.5. The van der Waals surface area contributed by atoms with Gasteiger partial charge in [-0.3, -0.25) is 10.1 Å². The van der Waals surface area contributed by atoms with Crippen LogP contribution < -0.4 is 10.6 Å². The summed E-state index contributed by atoms with van der Waals surface area (Å²) < 4.78 is 5.54. The molecule has 2 atom stereocenters. The molecular weight excluding hydrogens is 216 g/mol. The van der Waals surface area contributed by atoms with Crippen molar-refractivity contribution in [3.05, 3.63) is 29.8 Å². The van der Waals surface area contributed by atoms with Crippen molar-refractivity contribution in [2.24, 2.45) is 0 Å². The summed E-state index contributed by atoms with van der Waals surface area (Å²) in [6.07, 6.45) is 2.47. The van der Waals surface area contributed by atoms with Crippen LogP contribution in [-0.4, -0.2) is 25.2 Å². The lowest BCUT2D eigenvalue weighted by molar-refractivity contribution is -0.117. The second kappa shape index (κ2) is 4.47. The summed E-state index contributed by atoms with van der Waals surface area (Å²) in [6, 6.07) is 7.58. The van der Waals surface area contributed by atoms with E-state index in [1.807, 2.05) is 24.3 Å². The molecule has 0 spiro atoms. The van der Waals surface area contributed by atoms with Gasteiger partial charge in [0.05, 0.1) is 6.10 Å². The van der Waals surface area contributed by atoms with E-state index in [0.29, 0.717) is 0 Å². The fourth-order valence-corrected chi connectivity index (χ4v) is 2.47. The molecule has 0 aromatic heterocycles. The van der Waals surface area contributed by atoms with E-state index in [4.69, 9.17) is 4.74 Å². The maximum absolute atomic E-state index is 11.8. The van der Waals surface area contributed by atoms with Gasteiger partial charge in [0.1, 0.15) is 6.04 Å². The molecule has 2 heterocycles. The Bertz CT molecular complexity index is 427. The first kappa shape index (κ1) is 10.7. The Labute approximate surface area is 100 Å². The van der Waals surface area contributed by atoms with Crippen molar-refractivity contribution in [1.29, 1.82) is 0 Å². The maximum Gasteiger partial charge on any atom is 0.246 e. The van der Waals surface area contributed by atoms with E-state index in [0.717, 1.165) is 37.2 Å². The second-order valence-electron chi connectivity index (χ2n) is 4.55. The minimum Gasteiger partial charge on any atom is -0.377 e. The van der Waals surface area contributed by atoms with Crippen molar-refractivity contribution in [3.63, 3.8) is 0 Å². The highest BCUT2D eigenvalue weighted by Gasteiger charge is 2.30. The van der Waals surface area contributed by atoms with Gasteiger partial charge in [-0.15, -0.1) is 0 Å². The number of fused-ring (bicyclic) bond motifs is 1. The molecule has 0 radical (unpaired) electrons. The molecule has 1 saturated heterocycles. The fraction of sp³-hybridized carbons (Fsp3) is 0.462. The first-order valence-corrected chi connectivity index (χ1v) is 6.09. The molecule has 1 fully saturated rings. The van der Waals surface area contributed by atoms with Crippen molar-refractivity contribution in [3.8, 4) is 0 Å². The molecule has 0 saturated carbocycles. The lowest BCUT2D eigenvalue weighted by atomic mass is 10.1. The number of amides is 1. The zero-order valence-electron chi connectivity index (χ0n) is 9.61. The normalized spacial score (nSPS) is 26.9. The van der Waals surface area contributed by atoms with Gasteiger partial charge in [-0.05, 0) is 18.9 Å². The average molecular weight is 232 g/mol. The van der Waals surface area contributed by atoms with Crippen LogP contribution in [-0.2, 0) is 9.53 Å². The van der Waals surface area contributed by atoms with Gasteiger partial charge in [-0.1, -0.05) is 18.2 Å². The Morgan fingerprint density at radius 2 is 2.29 bits per heavy atom. The van der Waals surface area contributed by atoms with Crippen molar-refractivity contribution in [1.82, 2.24) is 5.32 Å². The largest absolute Gasteiger partial charge is 0.377 e. The molecule has 90 valence electrons. The lowest BCUT2D eigenvalue weighted by Crippen LogP contribution is -2.33. The molecule has 1 aromatic carbocycles. The number of rotatable bonds is 3. The molecule has 2 unspecified atom stereocenters. The number of nitrogens with one attached hydrogen (secondary N) is 2. The summed E-state index contributed by atoms with van der Waals surface area (Å²) in [5.41, 5.74) is 1.96. The van der Waals surface area contributed by atoms with Gasteiger partial charge in [0, 0.05) is 24.4 Å². The quantitative estimate of drug-likeness (QED) is 0.829. The number of hydrogen-bond acceptors (Lipinski definition) is 3. The fourth-order valence-electron chi connectivity index (χ4n) is 2.47. The molecule has 2 aliphatic rings. The van der Waals surface area contributed by atoms with Crippen LogP contribution >= 0.6 is 0 Å². The second-order valence-corrected chi connectivity index (χ2v) is 4.55. The molecule has 17 heavy (non-hydrogen) atoms. The van der Waals surface area contributed by atoms with E-state index >= 15 is 0 Å². The third-order valence-corrected chi connectivity index (χ3v) is 3.37. The molecule has 0 aliphatic carbocycles. The van der Waals surface area contributed by atoms with E-state index in [1.165, 1.54) is 0 Å². The predicted octanol–water partition coefficient (Wildman–Crippen LogP) is 1.45. The first-order valence-electron chi connectivity index (χ1n) is 6.09. The zero-order chi connectivity index (χ0) is 11.7. The number of carbonyl (C=O) groups is 1. The van der Waals surface area contributed by atoms with Crippen molar-refractivity contribution in [2.45, 2.75) is 25.0 Å². The average Bonchev–Trinajstić information content (AvgIpc) is 2.93. The van der Waals surface area contributed by atoms with Crippen LogP contribution in [0.25, 0.3) is 0 Å². The van der Waals surface area contributed by atoms with E-state index in [-0.39, 0.29) is 18.1 Å². The van der Waals surface area contributed by atoms with Crippen LogP contribution in [0.15, 0.2) is 24.3 Å². The summed E-state index contributed by atoms with van der Waals surface area (Å²) in [6.45, 7) is 1.59. The number of anilines is 1. The van der Waals surface area contributed by atoms with Crippen LogP contribution in [0.4, 0.5) is 5.69 Å². The lowest BCUT2D eigenvalue weighted by Gasteiger charge is -2.15. The van der Waals surface area contributed by atoms with Gasteiger partial charge >= 0.3 is 0 Å². The Morgan fingerprint density at radius 3 is 3.12 bits per heavy atom. The van der Waals surface area contributed by atoms with Gasteiger partial charge in [0.2, 0.25) is 5.91 Å². The minimum absolute atomic E-state index is 0.0317. The molecule has 4 heteroatoms. The number of ether oxygens (including phenoxy) is 1. The summed E-state index contributed by atoms with van der Waals surface area (Å²) in [5.74, 6) is 0.0317. The molecular formula is C13H16N2O2. The zero-order valence-corrected chi connectivity index (χ0v) is 9.61. The first-order chi connectivity index (χ1) is 8.34. The molecule has 4 nitrogen and oxygen atoms in total. The number of hydrogen-bond donors (Lipinski definition) is 2. The van der Waals surface area contributed by atoms with Gasteiger partial charge in [-0.25, -0.2) is 0 Å². The summed E-state index contributed by atoms with van der Waals surface area (Å²) >= 11 is 0. The van der Waals surface area contributed by atoms with Crippen LogP contribution in [0.3, 0.4) is 0 Å². The SMILES string of the molecule is O=C1Nc2ccccc2C1NCC1CCCO1. The van der Waals surface area contributed by atoms with Crippen LogP contribution in [0.1, 0.15) is 24.4 Å². The molecule has 2 aliphatic heterocycles. The number of para-hydroxylation sites is 1. The van der Waals surface area contributed by atoms with E-state index < -0.39 is 0 Å². The van der Waals surface area contributed by atoms with Crippen molar-refractivity contribution in [2.75, 3.05) is 18.5 Å². The van der Waals surface area contributed by atoms with E-state index in [1.54, 1.807) is 0 Å². The van der Waals surface area contributed by atoms with Crippen molar-refractivity contribution < 1.29 is 9.53 Å². The number of carbonyl (C=O) groups excluding carboxylic acids is 1. The third kappa shape index (κ3) is 2.06. The maximum atomic E-state index is 11.8. The van der Waals surface area contributed by atoms with Gasteiger partial charge in [0.25, 0.3) is 0 Å². The smallest absolute Gasteiger partial charge is 0.246 e. The monoisotopic (exact) mass is 232 g/mol. The molecule has 3 rings (SSSR count). The predicted molar refractivity (Wildman–Crippen MR) is 64.8 cm³/mol. The highest BCUT2D eigenvalue weighted by molar-refractivity contribution is 6.02. The van der Waals surface area contributed by atoms with Gasteiger partial charge in [0.15, 0.2) is 0 Å². The Hall–Kier alpha value is -1.39. The van der Waals surface area contributed by atoms with Crippen LogP contribution in [0.2, 0.25) is 0 Å². The topological polar surface area (TPSA) is 50.4 Å². The third-order valence-electron chi connectivity index (χ3n) is 3.37. The van der Waals surface area contributed by atoms with Crippen LogP contribution in [0, 0.1) is 0 Å². The summed E-state index contributed by atoms with van der Waals surface area (Å²) in [5, 5.41) is 6.17. The van der Waals surface area contributed by atoms with E-state index in [2.05, 4.69) is 10.6 Å². The molecule has 1 aromatic rings. The standard InChI is InChI=1S/C13H16N2O2/c16-13-12(14-8-9-4-3-7-17-9)10-5-1-2-6-11(10)15-13/h1-2,5-6,9,12,14H,3-4,7-8H2,(H,15,16). The Morgan fingerprint density at radius 1 is 1.41 bits per heavy atom. The summed E-state index contributed by atoms with van der Waals surface area (Å²) in [4.78, 5) is 11.8. The summed E-state index contributed by atoms with van der Waals surface area (Å²) in [7, 11) is 0. The molecule has 2 N–H and O–H groups in total. The van der Waals surface area contributed by atoms with Crippen molar-refractivity contribution >= 4 is 11.6 Å². The number of benzene rings is 1. The Kier molecular flexibility index (Phi) is 2.82. The highest BCUT2D eigenvalue weighted by Crippen LogP contribution is 2.30. The van der Waals surface area contributed by atoms with Crippen LogP contribution in [0.5, 0.6) is 0 Å². The minimum atomic E-state index is -0.226.